The number of nitrogens with one attached hydrogen (secondary N) is 1. The van der Waals surface area contributed by atoms with Crippen molar-refractivity contribution in [3.8, 4) is 0 Å². The largest absolute Gasteiger partial charge is 0.325 e. The molecule has 0 unspecified atom stereocenters. The molecule has 0 spiro atoms. The van der Waals surface area contributed by atoms with Gasteiger partial charge < -0.3 is 11.1 Å². The summed E-state index contributed by atoms with van der Waals surface area (Å²) < 4.78 is 0. The van der Waals surface area contributed by atoms with E-state index in [0.29, 0.717) is 5.69 Å². The highest BCUT2D eigenvalue weighted by Crippen LogP contribution is 2.26. The van der Waals surface area contributed by atoms with Crippen molar-refractivity contribution in [1.29, 1.82) is 0 Å². The molecule has 0 fully saturated rings. The van der Waals surface area contributed by atoms with Gasteiger partial charge in [-0.15, -0.1) is 12.4 Å². The Labute approximate surface area is 146 Å². The van der Waals surface area contributed by atoms with Crippen LogP contribution in [0.3, 0.4) is 0 Å². The predicted molar refractivity (Wildman–Crippen MR) is 96.2 cm³/mol. The summed E-state index contributed by atoms with van der Waals surface area (Å²) in [5, 5.41) is 3.51. The van der Waals surface area contributed by atoms with Gasteiger partial charge in [0.25, 0.3) is 0 Å². The monoisotopic (exact) mass is 352 g/mol. The van der Waals surface area contributed by atoms with Crippen LogP contribution in [0.5, 0.6) is 0 Å². The maximum Gasteiger partial charge on any atom is 0.243 e. The summed E-state index contributed by atoms with van der Waals surface area (Å²) in [4.78, 5) is 21.6. The molecule has 1 heterocycles. The lowest BCUT2D eigenvalue weighted by Crippen LogP contribution is -2.45. The number of benzene rings is 1. The van der Waals surface area contributed by atoms with Crippen LogP contribution in [0.2, 0.25) is 0 Å². The van der Waals surface area contributed by atoms with E-state index >= 15 is 0 Å². The Morgan fingerprint density at radius 3 is 2.13 bits per heavy atom. The molecule has 3 N–H and O–H groups in total. The van der Waals surface area contributed by atoms with Crippen LogP contribution in [0.15, 0.2) is 40.4 Å². The van der Waals surface area contributed by atoms with Gasteiger partial charge in [0.05, 0.1) is 5.54 Å². The second kappa shape index (κ2) is 7.77. The van der Waals surface area contributed by atoms with Gasteiger partial charge in [0, 0.05) is 22.0 Å². The molecule has 2 aromatic rings. The molecule has 0 radical (unpaired) electrons. The van der Waals surface area contributed by atoms with E-state index in [1.54, 1.807) is 13.8 Å². The van der Waals surface area contributed by atoms with E-state index in [1.807, 2.05) is 44.2 Å². The van der Waals surface area contributed by atoms with Gasteiger partial charge in [0.2, 0.25) is 5.91 Å². The topological polar surface area (TPSA) is 80.9 Å². The molecule has 0 atom stereocenters. The molecule has 23 heavy (non-hydrogen) atoms. The van der Waals surface area contributed by atoms with Gasteiger partial charge in [-0.1, -0.05) is 0 Å². The van der Waals surface area contributed by atoms with Crippen molar-refractivity contribution < 1.29 is 4.79 Å². The van der Waals surface area contributed by atoms with Gasteiger partial charge in [0.1, 0.15) is 0 Å². The molecule has 1 amide bonds. The second-order valence-corrected chi connectivity index (χ2v) is 6.78. The number of rotatable bonds is 4. The van der Waals surface area contributed by atoms with Gasteiger partial charge in [-0.05, 0) is 69.8 Å². The number of hydrogen-bond donors (Lipinski definition) is 2. The van der Waals surface area contributed by atoms with E-state index in [2.05, 4.69) is 15.3 Å². The van der Waals surface area contributed by atoms with Crippen molar-refractivity contribution in [3.63, 3.8) is 0 Å². The number of nitrogens with two attached hydrogens (primary N) is 1. The van der Waals surface area contributed by atoms with Crippen molar-refractivity contribution in [3.05, 3.63) is 41.7 Å². The second-order valence-electron chi connectivity index (χ2n) is 5.74. The molecule has 7 heteroatoms. The van der Waals surface area contributed by atoms with Gasteiger partial charge in [-0.3, -0.25) is 4.79 Å². The molecular formula is C16H21ClN4OS. The van der Waals surface area contributed by atoms with Crippen molar-refractivity contribution in [2.45, 2.75) is 43.3 Å². The van der Waals surface area contributed by atoms with Crippen LogP contribution in [0.25, 0.3) is 0 Å². The average Bonchev–Trinajstić information content (AvgIpc) is 2.38. The van der Waals surface area contributed by atoms with E-state index in [-0.39, 0.29) is 18.3 Å². The highest BCUT2D eigenvalue weighted by atomic mass is 35.5. The number of aryl methyl sites for hydroxylation is 2. The fourth-order valence-electron chi connectivity index (χ4n) is 1.74. The molecule has 0 saturated heterocycles. The van der Waals surface area contributed by atoms with Gasteiger partial charge in [-0.25, -0.2) is 9.97 Å². The first-order chi connectivity index (χ1) is 10.2. The van der Waals surface area contributed by atoms with Gasteiger partial charge >= 0.3 is 0 Å². The molecule has 0 saturated carbocycles. The molecule has 2 rings (SSSR count). The molecule has 124 valence electrons. The summed E-state index contributed by atoms with van der Waals surface area (Å²) in [5.74, 6) is -0.217. The zero-order valence-corrected chi connectivity index (χ0v) is 15.2. The Morgan fingerprint density at radius 2 is 1.65 bits per heavy atom. The van der Waals surface area contributed by atoms with E-state index in [1.165, 1.54) is 11.8 Å². The zero-order chi connectivity index (χ0) is 16.3. The van der Waals surface area contributed by atoms with Crippen molar-refractivity contribution in [1.82, 2.24) is 9.97 Å². The standard InChI is InChI=1S/C16H20N4OS.ClH/c1-10-9-11(2)19-15(18-10)22-13-7-5-12(6-8-13)20-14(21)16(3,4)17;/h5-9H,17H2,1-4H3,(H,20,21);1H. The molecule has 0 aliphatic rings. The number of nitrogens with zero attached hydrogens (tertiary/aromatic N) is 2. The number of amides is 1. The van der Waals surface area contributed by atoms with Crippen LogP contribution in [-0.2, 0) is 4.79 Å². The molecule has 0 aliphatic carbocycles. The summed E-state index contributed by atoms with van der Waals surface area (Å²) in [5.41, 5.74) is 7.47. The molecule has 0 aliphatic heterocycles. The molecule has 1 aromatic carbocycles. The molecular weight excluding hydrogens is 332 g/mol. The number of aromatic nitrogens is 2. The van der Waals surface area contributed by atoms with Gasteiger partial charge in [-0.2, -0.15) is 0 Å². The summed E-state index contributed by atoms with van der Waals surface area (Å²) in [6.07, 6.45) is 0. The Hall–Kier alpha value is -1.63. The lowest BCUT2D eigenvalue weighted by Gasteiger charge is -2.17. The van der Waals surface area contributed by atoms with Crippen LogP contribution in [0.4, 0.5) is 5.69 Å². The Kier molecular flexibility index (Phi) is 6.56. The first-order valence-electron chi connectivity index (χ1n) is 6.94. The minimum Gasteiger partial charge on any atom is -0.325 e. The van der Waals surface area contributed by atoms with Crippen LogP contribution in [-0.4, -0.2) is 21.4 Å². The normalized spacial score (nSPS) is 10.8. The minimum absolute atomic E-state index is 0. The highest BCUT2D eigenvalue weighted by Gasteiger charge is 2.21. The molecule has 5 nitrogen and oxygen atoms in total. The van der Waals surface area contributed by atoms with Crippen molar-refractivity contribution in [2.75, 3.05) is 5.32 Å². The van der Waals surface area contributed by atoms with E-state index in [0.717, 1.165) is 21.4 Å². The Bertz CT molecular complexity index is 663. The van der Waals surface area contributed by atoms with Crippen LogP contribution >= 0.6 is 24.2 Å². The third-order valence-corrected chi connectivity index (χ3v) is 3.74. The molecule has 0 bridgehead atoms. The number of hydrogen-bond acceptors (Lipinski definition) is 5. The lowest BCUT2D eigenvalue weighted by atomic mass is 10.1. The quantitative estimate of drug-likeness (QED) is 0.825. The fourth-order valence-corrected chi connectivity index (χ4v) is 2.61. The Morgan fingerprint density at radius 1 is 1.13 bits per heavy atom. The summed E-state index contributed by atoms with van der Waals surface area (Å²) in [6.45, 7) is 7.24. The van der Waals surface area contributed by atoms with E-state index in [9.17, 15) is 4.79 Å². The third kappa shape index (κ3) is 5.82. The number of anilines is 1. The average molecular weight is 353 g/mol. The number of halogens is 1. The van der Waals surface area contributed by atoms with Gasteiger partial charge in [0.15, 0.2) is 5.16 Å². The summed E-state index contributed by atoms with van der Waals surface area (Å²) in [6, 6.07) is 9.47. The first kappa shape index (κ1) is 19.4. The first-order valence-corrected chi connectivity index (χ1v) is 7.76. The highest BCUT2D eigenvalue weighted by molar-refractivity contribution is 7.99. The predicted octanol–water partition coefficient (Wildman–Crippen LogP) is 3.34. The van der Waals surface area contributed by atoms with Crippen LogP contribution < -0.4 is 11.1 Å². The zero-order valence-electron chi connectivity index (χ0n) is 13.6. The summed E-state index contributed by atoms with van der Waals surface area (Å²) >= 11 is 1.49. The smallest absolute Gasteiger partial charge is 0.243 e. The van der Waals surface area contributed by atoms with E-state index < -0.39 is 5.54 Å². The third-order valence-electron chi connectivity index (χ3n) is 2.87. The van der Waals surface area contributed by atoms with Crippen molar-refractivity contribution >= 4 is 35.8 Å². The SMILES string of the molecule is Cc1cc(C)nc(Sc2ccc(NC(=O)C(C)(C)N)cc2)n1.Cl. The maximum atomic E-state index is 11.8. The lowest BCUT2D eigenvalue weighted by molar-refractivity contribution is -0.120. The Balaban J connectivity index is 0.00000264. The molecule has 1 aromatic heterocycles. The van der Waals surface area contributed by atoms with Crippen LogP contribution in [0, 0.1) is 13.8 Å². The maximum absolute atomic E-state index is 11.8. The minimum atomic E-state index is -0.902. The van der Waals surface area contributed by atoms with Crippen molar-refractivity contribution in [2.24, 2.45) is 5.73 Å². The summed E-state index contributed by atoms with van der Waals surface area (Å²) in [7, 11) is 0. The number of carbonyl (C=O) groups excluding carboxylic acids is 1. The fraction of sp³-hybridized carbons (Fsp3) is 0.312. The van der Waals surface area contributed by atoms with E-state index in [4.69, 9.17) is 5.73 Å². The van der Waals surface area contributed by atoms with Crippen LogP contribution in [0.1, 0.15) is 25.2 Å². The number of carbonyl (C=O) groups is 1.